The van der Waals surface area contributed by atoms with Gasteiger partial charge >= 0.3 is 12.1 Å². The van der Waals surface area contributed by atoms with Crippen LogP contribution in [0.1, 0.15) is 95.4 Å². The lowest BCUT2D eigenvalue weighted by atomic mass is 9.84. The van der Waals surface area contributed by atoms with Crippen LogP contribution in [0.5, 0.6) is 11.5 Å². The van der Waals surface area contributed by atoms with Crippen molar-refractivity contribution in [2.24, 2.45) is 57.3 Å². The molecule has 4 aliphatic heterocycles. The molecular weight excluding hydrogens is 1680 g/mol. The number of aromatic amines is 1. The first-order chi connectivity index (χ1) is 58.0. The number of esters is 1. The van der Waals surface area contributed by atoms with Crippen molar-refractivity contribution >= 4 is 142 Å². The molecule has 4 bridgehead atoms. The zero-order chi connectivity index (χ0) is 88.9. The van der Waals surface area contributed by atoms with Crippen LogP contribution in [0.15, 0.2) is 161 Å². The van der Waals surface area contributed by atoms with E-state index in [1.54, 1.807) is 86.8 Å². The SMILES string of the molecule is COc1cc2cc(c1Cl)N(C)C(=O)CC(OC(=O)C(C)N(C)C(=O)CCSSCC(N=C(O)C1CSSCC(N=C(O)C(N)Cc3ccccc3)C(O)=NC(Cc3ccc(O)cc3)C(O)=NC(Cc3c[nH]c4ccccc34)C(O)=NC(CCCCN)C(O)=NC(C(C)O)C(O)=N1)C(=N)O)C1(C)OC1C(C)C1CC(O)(N=C(O)O1)C(OC)C=CC=C(C)C2. The lowest BCUT2D eigenvalue weighted by Crippen LogP contribution is -2.51. The molecule has 1 aromatic heterocycles. The number of allylic oxidation sites excluding steroid dienone is 3. The molecule has 4 aromatic carbocycles. The number of nitrogens with zero attached hydrogens (tertiary/aromatic N) is 10. The number of halogens is 1. The summed E-state index contributed by atoms with van der Waals surface area (Å²) in [5.74, 6) is -9.56. The number of H-pyrrole nitrogens is 1. The van der Waals surface area contributed by atoms with Crippen LogP contribution in [0.2, 0.25) is 5.02 Å². The highest BCUT2D eigenvalue weighted by atomic mass is 35.5. The summed E-state index contributed by atoms with van der Waals surface area (Å²) in [4.78, 5) is 84.1. The second-order valence-corrected chi connectivity index (χ2v) is 35.9. The number of phenolic OH excluding ortho intramolecular Hbond substituents is 1. The summed E-state index contributed by atoms with van der Waals surface area (Å²) < 4.78 is 29.8. The molecule has 0 radical (unpaired) electrons. The van der Waals surface area contributed by atoms with E-state index in [4.69, 9.17) is 52.2 Å². The number of aromatic hydroxyl groups is 1. The number of hydrogen-bond acceptors (Lipinski definition) is 26. The number of aliphatic hydroxyl groups is 11. The molecule has 0 spiro atoms. The van der Waals surface area contributed by atoms with Gasteiger partial charge < -0.3 is 111 Å². The Morgan fingerprint density at radius 1 is 0.869 bits per heavy atom. The van der Waals surface area contributed by atoms with Crippen LogP contribution in [0, 0.1) is 11.3 Å². The van der Waals surface area contributed by atoms with Crippen molar-refractivity contribution in [2.75, 3.05) is 62.8 Å². The molecule has 4 aliphatic rings. The summed E-state index contributed by atoms with van der Waals surface area (Å²) in [5.41, 5.74) is 13.5. The standard InChI is InChI=1S/C83H109ClN14O20S4/c1-44-18-17-24-65(115-9)83(113)39-64(116-81(112)96-83)45(2)71-82(5,118-71)66(38-68(102)98(7)62-35-50(32-44)36-63(114-8)69(62)84)117-80(111)46(3)97(6)67(101)29-31-119-120-41-59(72(87)103)92-78(109)61-43-122-121-42-60(93-73(104)54(86)33-48-19-11-10-12-20-48)77(108)90-57(34-49-25-27-52(100)28-26-49)75(106)91-58(37-51-40-88-55-22-14-13-21-53(51)55)76(107)89-56(23-15-16-30-85)74(105)95-70(47(4)99)79(110)94-61/h10-14,17-22,24-28,35-36,40,45-47,54,56-61,64-66,70-71,88,99-100,113H,15-16,23,29-34,37-39,41-43,85-86H2,1-9H3,(H2,87,103)(H,89,107)(H,90,108)(H,91,106)(H,92,109)(H,93,104)(H,94,110)(H,95,105)(H,96,112). The fourth-order valence-electron chi connectivity index (χ4n) is 13.9. The number of rotatable bonds is 27. The number of nitrogens with one attached hydrogen (secondary N) is 2. The quantitative estimate of drug-likeness (QED) is 0.00580. The number of unbranched alkanes of at least 4 members (excludes halogenated alkanes) is 1. The first-order valence-electron chi connectivity index (χ1n) is 39.5. The number of nitrogens with two attached hydrogens (primary N) is 2. The largest absolute Gasteiger partial charge is 0.508 e. The van der Waals surface area contributed by atoms with Crippen LogP contribution in [0.25, 0.3) is 10.9 Å². The smallest absolute Gasteiger partial charge is 0.384 e. The van der Waals surface area contributed by atoms with Crippen molar-refractivity contribution in [3.8, 4) is 11.5 Å². The number of methoxy groups -OCH3 is 2. The minimum absolute atomic E-state index is 0.0289. The van der Waals surface area contributed by atoms with E-state index < -0.39 is 180 Å². The van der Waals surface area contributed by atoms with Crippen molar-refractivity contribution in [1.82, 2.24) is 9.88 Å². The summed E-state index contributed by atoms with van der Waals surface area (Å²) in [7, 11) is 9.86. The van der Waals surface area contributed by atoms with Crippen LogP contribution in [-0.4, -0.2) is 296 Å². The molecular formula is C83H109ClN14O20S4. The number of fused-ring (bicyclic) bond motifs is 6. The number of carbonyl (C=O) groups is 3. The van der Waals surface area contributed by atoms with E-state index in [9.17, 15) is 75.7 Å². The van der Waals surface area contributed by atoms with Gasteiger partial charge in [-0.15, -0.1) is 0 Å². The van der Waals surface area contributed by atoms with Crippen LogP contribution in [-0.2, 0) is 59.0 Å². The van der Waals surface area contributed by atoms with Gasteiger partial charge in [-0.3, -0.25) is 15.0 Å². The number of anilines is 1. The van der Waals surface area contributed by atoms with E-state index in [2.05, 4.69) is 44.9 Å². The molecule has 0 saturated carbocycles. The molecule has 1 saturated heterocycles. The normalized spacial score (nSPS) is 26.2. The zero-order valence-electron chi connectivity index (χ0n) is 69.0. The highest BCUT2D eigenvalue weighted by Crippen LogP contribution is 2.50. The molecule has 5 aromatic rings. The lowest BCUT2D eigenvalue weighted by Gasteiger charge is -2.38. The van der Waals surface area contributed by atoms with Crippen molar-refractivity contribution < 1.29 is 99.3 Å². The van der Waals surface area contributed by atoms with Crippen LogP contribution < -0.4 is 21.1 Å². The average molecular weight is 1790 g/mol. The minimum atomic E-state index is -2.01. The predicted octanol–water partition coefficient (Wildman–Crippen LogP) is 10.4. The highest BCUT2D eigenvalue weighted by molar-refractivity contribution is 8.77. The Balaban J connectivity index is 0.960. The second-order valence-electron chi connectivity index (χ2n) is 30.4. The molecule has 122 heavy (non-hydrogen) atoms. The van der Waals surface area contributed by atoms with Crippen LogP contribution >= 0.6 is 54.8 Å². The fraction of sp³-hybridized carbons (Fsp3) is 0.494. The summed E-state index contributed by atoms with van der Waals surface area (Å²) in [5, 5.41) is 149. The van der Waals surface area contributed by atoms with Crippen molar-refractivity contribution in [1.29, 1.82) is 5.41 Å². The van der Waals surface area contributed by atoms with E-state index in [0.29, 0.717) is 36.1 Å². The number of hydrogen-bond donors (Lipinski definition) is 16. The first-order valence-corrected chi connectivity index (χ1v) is 44.9. The number of aliphatic hydroxyl groups excluding tert-OH is 10. The number of aliphatic imine (C=N–C) groups is 8. The number of amides is 2. The lowest BCUT2D eigenvalue weighted by molar-refractivity contribution is -0.161. The Kier molecular flexibility index (Phi) is 35.2. The first kappa shape index (κ1) is 96.2. The Morgan fingerprint density at radius 2 is 1.54 bits per heavy atom. The van der Waals surface area contributed by atoms with Crippen molar-refractivity contribution in [3.63, 3.8) is 0 Å². The van der Waals surface area contributed by atoms with E-state index >= 15 is 0 Å². The average Bonchev–Trinajstić information content (AvgIpc) is 1.57. The Bertz CT molecular complexity index is 4770. The molecule has 1 fully saturated rings. The van der Waals surface area contributed by atoms with E-state index in [0.717, 1.165) is 70.8 Å². The molecule has 17 unspecified atom stereocenters. The third-order valence-corrected chi connectivity index (χ3v) is 26.4. The number of epoxide rings is 1. The molecule has 17 atom stereocenters. The number of ether oxygens (including phenoxy) is 5. The van der Waals surface area contributed by atoms with Gasteiger partial charge in [-0.25, -0.2) is 39.7 Å². The Labute approximate surface area is 727 Å². The number of carbonyl (C=O) groups excluding carboxylic acids is 3. The maximum absolute atomic E-state index is 14.6. The summed E-state index contributed by atoms with van der Waals surface area (Å²) >= 11 is 6.90. The van der Waals surface area contributed by atoms with Gasteiger partial charge in [0.2, 0.25) is 53.1 Å². The monoisotopic (exact) mass is 1780 g/mol. The van der Waals surface area contributed by atoms with Gasteiger partial charge in [0.25, 0.3) is 0 Å². The van der Waals surface area contributed by atoms with Crippen LogP contribution in [0.3, 0.4) is 0 Å². The Morgan fingerprint density at radius 3 is 2.23 bits per heavy atom. The van der Waals surface area contributed by atoms with Gasteiger partial charge in [-0.1, -0.05) is 146 Å². The summed E-state index contributed by atoms with van der Waals surface area (Å²) in [6.45, 7) is 8.18. The van der Waals surface area contributed by atoms with Crippen LogP contribution in [0.4, 0.5) is 5.69 Å². The molecule has 662 valence electrons. The van der Waals surface area contributed by atoms with Crippen molar-refractivity contribution in [2.45, 2.75) is 195 Å². The fourth-order valence-corrected chi connectivity index (χ4v) is 18.6. The maximum Gasteiger partial charge on any atom is 0.384 e. The van der Waals surface area contributed by atoms with Gasteiger partial charge in [0.05, 0.1) is 37.5 Å². The number of para-hydroxylation sites is 1. The van der Waals surface area contributed by atoms with E-state index in [1.165, 1.54) is 64.1 Å². The van der Waals surface area contributed by atoms with Gasteiger partial charge in [-0.2, -0.15) is 4.99 Å². The summed E-state index contributed by atoms with van der Waals surface area (Å²) in [6.07, 6.45) is 0.253. The maximum atomic E-state index is 14.6. The predicted molar refractivity (Wildman–Crippen MR) is 481 cm³/mol. The van der Waals surface area contributed by atoms with Crippen molar-refractivity contribution in [3.05, 3.63) is 148 Å². The van der Waals surface area contributed by atoms with Gasteiger partial charge in [0.15, 0.2) is 17.7 Å². The third kappa shape index (κ3) is 26.0. The van der Waals surface area contributed by atoms with Gasteiger partial charge in [0.1, 0.15) is 82.7 Å². The number of aromatic nitrogens is 1. The zero-order valence-corrected chi connectivity index (χ0v) is 73.0. The van der Waals surface area contributed by atoms with Gasteiger partial charge in [0, 0.05) is 92.9 Å². The Hall–Kier alpha value is -9.61. The van der Waals surface area contributed by atoms with Gasteiger partial charge in [-0.05, 0) is 119 Å². The number of phenols is 1. The molecule has 5 heterocycles. The number of likely N-dealkylation sites (N-methyl/N-ethyl adjacent to an activating group) is 1. The number of benzene rings is 4. The second kappa shape index (κ2) is 44.6. The topological polar surface area (TPSA) is 540 Å². The van der Waals surface area contributed by atoms with E-state index in [1.807, 2.05) is 37.3 Å². The molecule has 9 rings (SSSR count). The minimum Gasteiger partial charge on any atom is -0.508 e. The summed E-state index contributed by atoms with van der Waals surface area (Å²) in [6, 6.07) is 12.6. The third-order valence-electron chi connectivity index (χ3n) is 21.3. The van der Waals surface area contributed by atoms with E-state index in [-0.39, 0.29) is 84.6 Å². The highest BCUT2D eigenvalue weighted by Gasteiger charge is 2.64. The molecule has 34 nitrogen and oxygen atoms in total. The molecule has 2 amide bonds. The molecule has 39 heteroatoms. The molecule has 18 N–H and O–H groups in total. The molecule has 0 aliphatic carbocycles.